The minimum Gasteiger partial charge on any atom is -0.442 e. The highest BCUT2D eigenvalue weighted by Crippen LogP contribution is 2.22. The molecule has 2 amide bonds. The Morgan fingerprint density at radius 3 is 2.51 bits per heavy atom. The molecule has 2 rings (SSSR count). The van der Waals surface area contributed by atoms with Gasteiger partial charge in [0.25, 0.3) is 0 Å². The van der Waals surface area contributed by atoms with E-state index in [9.17, 15) is 19.2 Å². The SMILES string of the molecule is CC(C)(C)OC(=O)NOCC(=O)NC(Cc1c[nH]c2ccccc12)C(=O)CC(CCCN=C(N)N)C(=O)CCCS. The number of nitrogens with zero attached hydrogens (tertiary/aromatic N) is 1. The molecule has 0 radical (unpaired) electrons. The highest BCUT2D eigenvalue weighted by atomic mass is 32.1. The fraction of sp³-hybridized carbons (Fsp3) is 0.536. The van der Waals surface area contributed by atoms with Crippen LogP contribution in [0.25, 0.3) is 10.9 Å². The zero-order chi connectivity index (χ0) is 30.4. The Balaban J connectivity index is 2.15. The molecule has 0 bridgehead atoms. The zero-order valence-corrected chi connectivity index (χ0v) is 24.8. The van der Waals surface area contributed by atoms with Gasteiger partial charge in [0, 0.05) is 48.8 Å². The number of carbonyl (C=O) groups is 4. The normalized spacial score (nSPS) is 12.8. The molecule has 7 N–H and O–H groups in total. The number of aliphatic imine (C=N–C) groups is 1. The maximum Gasteiger partial charge on any atom is 0.431 e. The van der Waals surface area contributed by atoms with Gasteiger partial charge >= 0.3 is 6.09 Å². The van der Waals surface area contributed by atoms with E-state index in [-0.39, 0.29) is 30.4 Å². The molecule has 2 unspecified atom stereocenters. The molecule has 2 aromatic rings. The lowest BCUT2D eigenvalue weighted by atomic mass is 9.87. The second kappa shape index (κ2) is 16.6. The third-order valence-electron chi connectivity index (χ3n) is 6.07. The maximum absolute atomic E-state index is 13.6. The number of fused-ring (bicyclic) bond motifs is 1. The van der Waals surface area contributed by atoms with Crippen molar-refractivity contribution in [1.82, 2.24) is 15.8 Å². The van der Waals surface area contributed by atoms with Crippen LogP contribution in [0, 0.1) is 5.92 Å². The fourth-order valence-electron chi connectivity index (χ4n) is 4.23. The molecule has 1 aromatic heterocycles. The summed E-state index contributed by atoms with van der Waals surface area (Å²) in [7, 11) is 0. The van der Waals surface area contributed by atoms with Gasteiger partial charge in [0.2, 0.25) is 5.91 Å². The van der Waals surface area contributed by atoms with Crippen LogP contribution in [0.15, 0.2) is 35.5 Å². The van der Waals surface area contributed by atoms with Gasteiger partial charge in [0.1, 0.15) is 11.4 Å². The van der Waals surface area contributed by atoms with E-state index in [1.54, 1.807) is 27.0 Å². The lowest BCUT2D eigenvalue weighted by Gasteiger charge is -2.22. The summed E-state index contributed by atoms with van der Waals surface area (Å²) in [6, 6.07) is 6.68. The van der Waals surface area contributed by atoms with E-state index < -0.39 is 36.2 Å². The van der Waals surface area contributed by atoms with Crippen LogP contribution in [0.4, 0.5) is 4.79 Å². The van der Waals surface area contributed by atoms with Crippen LogP contribution in [0.2, 0.25) is 0 Å². The lowest BCUT2D eigenvalue weighted by Crippen LogP contribution is -2.45. The topological polar surface area (TPSA) is 191 Å². The molecular weight excluding hydrogens is 548 g/mol. The number of amides is 2. The molecule has 1 aromatic carbocycles. The molecule has 0 fully saturated rings. The average Bonchev–Trinajstić information content (AvgIpc) is 3.30. The number of aromatic amines is 1. The minimum atomic E-state index is -0.940. The Hall–Kier alpha value is -3.58. The van der Waals surface area contributed by atoms with Gasteiger partial charge in [0.05, 0.1) is 6.04 Å². The number of carbonyl (C=O) groups excluding carboxylic acids is 4. The van der Waals surface area contributed by atoms with Gasteiger partial charge in [-0.05, 0) is 57.4 Å². The summed E-state index contributed by atoms with van der Waals surface area (Å²) < 4.78 is 5.07. The number of rotatable bonds is 17. The quantitative estimate of drug-likeness (QED) is 0.0532. The molecule has 41 heavy (non-hydrogen) atoms. The maximum atomic E-state index is 13.6. The van der Waals surface area contributed by atoms with Crippen molar-refractivity contribution in [2.75, 3.05) is 18.9 Å². The molecule has 13 heteroatoms. The van der Waals surface area contributed by atoms with E-state index in [1.807, 2.05) is 24.3 Å². The van der Waals surface area contributed by atoms with Gasteiger partial charge in [-0.3, -0.25) is 24.2 Å². The fourth-order valence-corrected chi connectivity index (χ4v) is 4.38. The monoisotopic (exact) mass is 590 g/mol. The minimum absolute atomic E-state index is 0.0380. The second-order valence-corrected chi connectivity index (χ2v) is 11.1. The van der Waals surface area contributed by atoms with E-state index in [0.29, 0.717) is 38.0 Å². The Morgan fingerprint density at radius 2 is 1.83 bits per heavy atom. The van der Waals surface area contributed by atoms with Gasteiger partial charge in [-0.15, -0.1) is 0 Å². The van der Waals surface area contributed by atoms with Crippen molar-refractivity contribution in [3.8, 4) is 0 Å². The Bertz CT molecular complexity index is 1200. The summed E-state index contributed by atoms with van der Waals surface area (Å²) in [6.07, 6.45) is 2.92. The third kappa shape index (κ3) is 12.6. The summed E-state index contributed by atoms with van der Waals surface area (Å²) in [5.41, 5.74) is 13.8. The smallest absolute Gasteiger partial charge is 0.431 e. The largest absolute Gasteiger partial charge is 0.442 e. The van der Waals surface area contributed by atoms with Gasteiger partial charge in [-0.25, -0.2) is 4.79 Å². The lowest BCUT2D eigenvalue weighted by molar-refractivity contribution is -0.133. The predicted molar refractivity (Wildman–Crippen MR) is 160 cm³/mol. The molecule has 0 saturated heterocycles. The summed E-state index contributed by atoms with van der Waals surface area (Å²) in [5.74, 6) is -0.997. The van der Waals surface area contributed by atoms with Crippen LogP contribution in [-0.4, -0.2) is 65.1 Å². The number of hydroxylamine groups is 1. The second-order valence-electron chi connectivity index (χ2n) is 10.7. The molecular formula is C28H42N6O6S. The van der Waals surface area contributed by atoms with Crippen molar-refractivity contribution < 1.29 is 28.8 Å². The molecule has 2 atom stereocenters. The van der Waals surface area contributed by atoms with Crippen molar-refractivity contribution in [1.29, 1.82) is 0 Å². The first-order chi connectivity index (χ1) is 19.4. The number of nitrogens with two attached hydrogens (primary N) is 2. The van der Waals surface area contributed by atoms with Crippen LogP contribution >= 0.6 is 12.6 Å². The zero-order valence-electron chi connectivity index (χ0n) is 23.9. The van der Waals surface area contributed by atoms with Gasteiger partial charge < -0.3 is 26.5 Å². The molecule has 0 aliphatic rings. The number of benzene rings is 1. The number of guanidine groups is 1. The first kappa shape index (κ1) is 33.6. The number of ketones is 2. The Morgan fingerprint density at radius 1 is 1.10 bits per heavy atom. The van der Waals surface area contributed by atoms with E-state index in [4.69, 9.17) is 21.0 Å². The number of H-pyrrole nitrogens is 1. The molecule has 12 nitrogen and oxygen atoms in total. The summed E-state index contributed by atoms with van der Waals surface area (Å²) in [6.45, 7) is 4.87. The number of ether oxygens (including phenoxy) is 1. The highest BCUT2D eigenvalue weighted by molar-refractivity contribution is 7.80. The Kier molecular flexibility index (Phi) is 13.6. The number of para-hydroxylation sites is 1. The van der Waals surface area contributed by atoms with Crippen molar-refractivity contribution in [3.63, 3.8) is 0 Å². The molecule has 0 aliphatic heterocycles. The third-order valence-corrected chi connectivity index (χ3v) is 6.39. The van der Waals surface area contributed by atoms with Crippen molar-refractivity contribution in [2.24, 2.45) is 22.4 Å². The molecule has 226 valence electrons. The first-order valence-electron chi connectivity index (χ1n) is 13.6. The number of Topliss-reactive ketones (excluding diaryl/α,β-unsaturated/α-hetero) is 2. The number of thiol groups is 1. The highest BCUT2D eigenvalue weighted by Gasteiger charge is 2.28. The average molecular weight is 591 g/mol. The number of nitrogens with one attached hydrogen (secondary N) is 3. The van der Waals surface area contributed by atoms with Crippen molar-refractivity contribution in [3.05, 3.63) is 36.0 Å². The van der Waals surface area contributed by atoms with E-state index >= 15 is 0 Å². The molecule has 0 spiro atoms. The molecule has 0 aliphatic carbocycles. The van der Waals surface area contributed by atoms with Crippen LogP contribution < -0.4 is 22.3 Å². The summed E-state index contributed by atoms with van der Waals surface area (Å²) in [5, 5.41) is 3.63. The van der Waals surface area contributed by atoms with Crippen LogP contribution in [-0.2, 0) is 30.4 Å². The van der Waals surface area contributed by atoms with Crippen molar-refractivity contribution in [2.45, 2.75) is 70.9 Å². The van der Waals surface area contributed by atoms with E-state index in [2.05, 4.69) is 33.4 Å². The molecule has 0 saturated carbocycles. The first-order valence-corrected chi connectivity index (χ1v) is 14.2. The van der Waals surface area contributed by atoms with Crippen LogP contribution in [0.5, 0.6) is 0 Å². The van der Waals surface area contributed by atoms with Gasteiger partial charge in [0.15, 0.2) is 18.3 Å². The van der Waals surface area contributed by atoms with E-state index in [1.165, 1.54) is 0 Å². The number of hydrogen-bond acceptors (Lipinski definition) is 8. The Labute approximate surface area is 245 Å². The van der Waals surface area contributed by atoms with Crippen LogP contribution in [0.1, 0.15) is 58.4 Å². The van der Waals surface area contributed by atoms with E-state index in [0.717, 1.165) is 16.5 Å². The standard InChI is InChI=1S/C28H42N6O6S/c1-28(2,3)40-27(38)34-39-17-25(37)33-22(14-19-16-32-21-10-5-4-9-20(19)21)24(36)15-18(23(35)11-7-13-41)8-6-12-31-26(29)30/h4-5,9-10,16,18,22,32,41H,6-8,11-15,17H2,1-3H3,(H,33,37)(H,34,38)(H4,29,30,31). The van der Waals surface area contributed by atoms with Gasteiger partial charge in [-0.1, -0.05) is 18.2 Å². The summed E-state index contributed by atoms with van der Waals surface area (Å²) >= 11 is 4.19. The number of aromatic nitrogens is 1. The van der Waals surface area contributed by atoms with Gasteiger partial charge in [-0.2, -0.15) is 18.1 Å². The van der Waals surface area contributed by atoms with Crippen LogP contribution in [0.3, 0.4) is 0 Å². The number of hydrogen-bond donors (Lipinski definition) is 6. The van der Waals surface area contributed by atoms with Crippen molar-refractivity contribution >= 4 is 53.1 Å². The molecule has 1 heterocycles. The predicted octanol–water partition coefficient (Wildman–Crippen LogP) is 2.56. The summed E-state index contributed by atoms with van der Waals surface area (Å²) in [4.78, 5) is 63.3.